The number of nitrogens with one attached hydrogen (secondary N) is 1. The summed E-state index contributed by atoms with van der Waals surface area (Å²) >= 11 is 0. The highest BCUT2D eigenvalue weighted by molar-refractivity contribution is 7.89. The maximum atomic E-state index is 12.8. The van der Waals surface area contributed by atoms with Gasteiger partial charge in [0.1, 0.15) is 5.76 Å². The first kappa shape index (κ1) is 19.6. The fraction of sp³-hybridized carbons (Fsp3) is 0.421. The van der Waals surface area contributed by atoms with Crippen LogP contribution in [0.15, 0.2) is 52.0 Å². The van der Waals surface area contributed by atoms with Crippen LogP contribution >= 0.6 is 0 Å². The second kappa shape index (κ2) is 8.69. The average molecular weight is 391 g/mol. The summed E-state index contributed by atoms with van der Waals surface area (Å²) in [7, 11) is -1.61. The lowest BCUT2D eigenvalue weighted by molar-refractivity contribution is 0.0953. The van der Waals surface area contributed by atoms with Crippen LogP contribution in [0, 0.1) is 0 Å². The van der Waals surface area contributed by atoms with E-state index in [1.165, 1.54) is 10.4 Å². The van der Waals surface area contributed by atoms with E-state index < -0.39 is 10.0 Å². The second-order valence-electron chi connectivity index (χ2n) is 6.67. The molecule has 1 saturated heterocycles. The Hall–Kier alpha value is -2.16. The Bertz CT molecular complexity index is 857. The van der Waals surface area contributed by atoms with Crippen LogP contribution < -0.4 is 5.32 Å². The number of aryl methyl sites for hydroxylation is 1. The number of furan rings is 1. The first-order chi connectivity index (χ1) is 13.0. The summed E-state index contributed by atoms with van der Waals surface area (Å²) in [6.45, 7) is 2.82. The van der Waals surface area contributed by atoms with Crippen molar-refractivity contribution in [1.82, 2.24) is 14.5 Å². The van der Waals surface area contributed by atoms with E-state index in [1.54, 1.807) is 24.5 Å². The number of amides is 1. The molecule has 0 spiro atoms. The Morgan fingerprint density at radius 3 is 2.63 bits per heavy atom. The van der Waals surface area contributed by atoms with Crippen molar-refractivity contribution in [1.29, 1.82) is 0 Å². The maximum Gasteiger partial charge on any atom is 0.251 e. The predicted octanol–water partition coefficient (Wildman–Crippen LogP) is 1.58. The number of hydrogen-bond donors (Lipinski definition) is 1. The van der Waals surface area contributed by atoms with Crippen molar-refractivity contribution >= 4 is 15.9 Å². The lowest BCUT2D eigenvalue weighted by Gasteiger charge is -2.31. The van der Waals surface area contributed by atoms with Gasteiger partial charge in [0.05, 0.1) is 11.2 Å². The lowest BCUT2D eigenvalue weighted by atomic mass is 10.2. The van der Waals surface area contributed by atoms with Crippen molar-refractivity contribution in [2.75, 3.05) is 39.8 Å². The molecule has 1 aromatic carbocycles. The Morgan fingerprint density at radius 1 is 1.15 bits per heavy atom. The molecule has 1 aliphatic rings. The molecule has 8 heteroatoms. The Labute approximate surface area is 160 Å². The zero-order chi connectivity index (χ0) is 19.3. The molecule has 1 amide bonds. The smallest absolute Gasteiger partial charge is 0.251 e. The minimum absolute atomic E-state index is 0.162. The number of likely N-dealkylation sites (N-methyl/N-ethyl adjacent to an activating group) is 1. The molecule has 2 heterocycles. The summed E-state index contributed by atoms with van der Waals surface area (Å²) in [6, 6.07) is 9.97. The van der Waals surface area contributed by atoms with Gasteiger partial charge >= 0.3 is 0 Å². The van der Waals surface area contributed by atoms with E-state index in [0.29, 0.717) is 38.3 Å². The van der Waals surface area contributed by atoms with Crippen LogP contribution in [0.25, 0.3) is 0 Å². The zero-order valence-corrected chi connectivity index (χ0v) is 16.2. The van der Waals surface area contributed by atoms with Gasteiger partial charge in [0.15, 0.2) is 0 Å². The monoisotopic (exact) mass is 391 g/mol. The van der Waals surface area contributed by atoms with Gasteiger partial charge in [0, 0.05) is 44.7 Å². The largest absolute Gasteiger partial charge is 0.469 e. The standard InChI is InChI=1S/C19H25N3O4S/c1-21-10-12-22(13-11-21)27(24,25)18-8-2-5-16(15-18)19(23)20-9-3-6-17-7-4-14-26-17/h2,4-5,7-8,14-15H,3,6,9-13H2,1H3,(H,20,23). The number of benzene rings is 1. The summed E-state index contributed by atoms with van der Waals surface area (Å²) < 4.78 is 32.4. The van der Waals surface area contributed by atoms with Gasteiger partial charge in [-0.05, 0) is 43.8 Å². The van der Waals surface area contributed by atoms with Gasteiger partial charge in [-0.1, -0.05) is 6.07 Å². The van der Waals surface area contributed by atoms with Crippen LogP contribution in [0.3, 0.4) is 0 Å². The topological polar surface area (TPSA) is 82.9 Å². The molecule has 1 N–H and O–H groups in total. The van der Waals surface area contributed by atoms with E-state index in [9.17, 15) is 13.2 Å². The average Bonchev–Trinajstić information content (AvgIpc) is 3.19. The molecular weight excluding hydrogens is 366 g/mol. The molecule has 27 heavy (non-hydrogen) atoms. The minimum atomic E-state index is -3.58. The lowest BCUT2D eigenvalue weighted by Crippen LogP contribution is -2.47. The highest BCUT2D eigenvalue weighted by Gasteiger charge is 2.27. The highest BCUT2D eigenvalue weighted by Crippen LogP contribution is 2.18. The highest BCUT2D eigenvalue weighted by atomic mass is 32.2. The van der Waals surface area contributed by atoms with E-state index in [2.05, 4.69) is 10.2 Å². The first-order valence-electron chi connectivity index (χ1n) is 9.06. The van der Waals surface area contributed by atoms with Crippen LogP contribution in [0.5, 0.6) is 0 Å². The van der Waals surface area contributed by atoms with E-state index >= 15 is 0 Å². The number of carbonyl (C=O) groups is 1. The summed E-state index contributed by atoms with van der Waals surface area (Å²) in [5.41, 5.74) is 0.350. The van der Waals surface area contributed by atoms with Gasteiger partial charge in [-0.15, -0.1) is 0 Å². The molecule has 0 saturated carbocycles. The summed E-state index contributed by atoms with van der Waals surface area (Å²) in [5, 5.41) is 2.83. The summed E-state index contributed by atoms with van der Waals surface area (Å²) in [4.78, 5) is 14.6. The van der Waals surface area contributed by atoms with Crippen molar-refractivity contribution in [3.8, 4) is 0 Å². The van der Waals surface area contributed by atoms with Gasteiger partial charge in [-0.2, -0.15) is 4.31 Å². The van der Waals surface area contributed by atoms with Crippen molar-refractivity contribution in [2.45, 2.75) is 17.7 Å². The van der Waals surface area contributed by atoms with Gasteiger partial charge in [0.25, 0.3) is 5.91 Å². The predicted molar refractivity (Wildman–Crippen MR) is 102 cm³/mol. The molecule has 0 atom stereocenters. The zero-order valence-electron chi connectivity index (χ0n) is 15.4. The van der Waals surface area contributed by atoms with Gasteiger partial charge in [-0.25, -0.2) is 8.42 Å². The Morgan fingerprint density at radius 2 is 1.93 bits per heavy atom. The van der Waals surface area contributed by atoms with Crippen molar-refractivity contribution < 1.29 is 17.6 Å². The fourth-order valence-corrected chi connectivity index (χ4v) is 4.47. The molecule has 1 aliphatic heterocycles. The number of rotatable bonds is 7. The first-order valence-corrected chi connectivity index (χ1v) is 10.5. The number of piperazine rings is 1. The summed E-state index contributed by atoms with van der Waals surface area (Å²) in [6.07, 6.45) is 3.11. The Balaban J connectivity index is 1.59. The molecule has 0 unspecified atom stereocenters. The van der Waals surface area contributed by atoms with Gasteiger partial charge < -0.3 is 14.6 Å². The van der Waals surface area contributed by atoms with E-state index in [0.717, 1.165) is 18.6 Å². The third kappa shape index (κ3) is 4.97. The van der Waals surface area contributed by atoms with E-state index in [-0.39, 0.29) is 10.8 Å². The number of nitrogens with zero attached hydrogens (tertiary/aromatic N) is 2. The molecule has 0 bridgehead atoms. The van der Waals surface area contributed by atoms with Crippen LogP contribution in [0.1, 0.15) is 22.5 Å². The van der Waals surface area contributed by atoms with Crippen molar-refractivity contribution in [3.05, 3.63) is 54.0 Å². The molecule has 1 fully saturated rings. The SMILES string of the molecule is CN1CCN(S(=O)(=O)c2cccc(C(=O)NCCCc3ccco3)c2)CC1. The molecule has 2 aromatic rings. The van der Waals surface area contributed by atoms with Gasteiger partial charge in [0.2, 0.25) is 10.0 Å². The molecular formula is C19H25N3O4S. The maximum absolute atomic E-state index is 12.8. The molecule has 146 valence electrons. The number of hydrogen-bond acceptors (Lipinski definition) is 5. The quantitative estimate of drug-likeness (QED) is 0.725. The van der Waals surface area contributed by atoms with Crippen LogP contribution in [0.4, 0.5) is 0 Å². The Kier molecular flexibility index (Phi) is 6.30. The second-order valence-corrected chi connectivity index (χ2v) is 8.61. The van der Waals surface area contributed by atoms with E-state index in [1.807, 2.05) is 19.2 Å². The summed E-state index contributed by atoms with van der Waals surface area (Å²) in [5.74, 6) is 0.606. The molecule has 0 aliphatic carbocycles. The third-order valence-corrected chi connectivity index (χ3v) is 6.56. The molecule has 1 aromatic heterocycles. The number of carbonyl (C=O) groups excluding carboxylic acids is 1. The molecule has 7 nitrogen and oxygen atoms in total. The van der Waals surface area contributed by atoms with Crippen molar-refractivity contribution in [2.24, 2.45) is 0 Å². The molecule has 0 radical (unpaired) electrons. The third-order valence-electron chi connectivity index (χ3n) is 4.66. The van der Waals surface area contributed by atoms with Crippen LogP contribution in [0.2, 0.25) is 0 Å². The van der Waals surface area contributed by atoms with Crippen LogP contribution in [-0.4, -0.2) is 63.3 Å². The fourth-order valence-electron chi connectivity index (χ4n) is 3.00. The van der Waals surface area contributed by atoms with Crippen LogP contribution in [-0.2, 0) is 16.4 Å². The van der Waals surface area contributed by atoms with E-state index in [4.69, 9.17) is 4.42 Å². The van der Waals surface area contributed by atoms with Gasteiger partial charge in [-0.3, -0.25) is 4.79 Å². The minimum Gasteiger partial charge on any atom is -0.469 e. The normalized spacial score (nSPS) is 16.3. The number of sulfonamides is 1. The molecule has 3 rings (SSSR count). The van der Waals surface area contributed by atoms with Crippen molar-refractivity contribution in [3.63, 3.8) is 0 Å².